The number of carbonyl (C=O) groups is 1. The maximum Gasteiger partial charge on any atom is 0.329 e. The van der Waals surface area contributed by atoms with E-state index in [0.717, 1.165) is 33.9 Å². The number of aryl methyl sites for hydroxylation is 2. The van der Waals surface area contributed by atoms with Crippen LogP contribution >= 0.6 is 11.6 Å². The first-order valence-electron chi connectivity index (χ1n) is 10.4. The van der Waals surface area contributed by atoms with Gasteiger partial charge in [0, 0.05) is 41.8 Å². The fourth-order valence-electron chi connectivity index (χ4n) is 4.07. The summed E-state index contributed by atoms with van der Waals surface area (Å²) >= 11 is 6.11. The van der Waals surface area contributed by atoms with Gasteiger partial charge < -0.3 is 15.3 Å². The number of fused-ring (bicyclic) bond motifs is 1. The van der Waals surface area contributed by atoms with Gasteiger partial charge in [0.05, 0.1) is 31.1 Å². The normalized spacial score (nSPS) is 13.9. The van der Waals surface area contributed by atoms with Gasteiger partial charge in [-0.3, -0.25) is 9.25 Å². The zero-order chi connectivity index (χ0) is 23.1. The molecule has 0 saturated heterocycles. The van der Waals surface area contributed by atoms with Crippen LogP contribution in [0.5, 0.6) is 0 Å². The van der Waals surface area contributed by atoms with Gasteiger partial charge in [0.15, 0.2) is 0 Å². The minimum Gasteiger partial charge on any atom is -0.394 e. The van der Waals surface area contributed by atoms with Crippen LogP contribution in [0.4, 0.5) is 16.6 Å². The minimum atomic E-state index is -0.477. The van der Waals surface area contributed by atoms with E-state index in [0.29, 0.717) is 17.5 Å². The summed E-state index contributed by atoms with van der Waals surface area (Å²) < 4.78 is 3.30. The number of aromatic nitrogens is 5. The van der Waals surface area contributed by atoms with Gasteiger partial charge >= 0.3 is 6.03 Å². The first-order chi connectivity index (χ1) is 15.9. The summed E-state index contributed by atoms with van der Waals surface area (Å²) in [7, 11) is 1.83. The molecule has 1 aromatic carbocycles. The molecule has 4 aromatic rings. The molecule has 0 radical (unpaired) electrons. The number of hydrogen-bond acceptors (Lipinski definition) is 6. The summed E-state index contributed by atoms with van der Waals surface area (Å²) in [5.74, 6) is 1.21. The number of nitrogens with one attached hydrogen (secondary N) is 1. The summed E-state index contributed by atoms with van der Waals surface area (Å²) in [5, 5.41) is 17.9. The molecule has 1 aliphatic heterocycles. The van der Waals surface area contributed by atoms with Crippen molar-refractivity contribution in [2.24, 2.45) is 7.05 Å². The van der Waals surface area contributed by atoms with Crippen molar-refractivity contribution >= 4 is 29.4 Å². The Labute approximate surface area is 195 Å². The van der Waals surface area contributed by atoms with Crippen molar-refractivity contribution in [3.05, 3.63) is 76.8 Å². The van der Waals surface area contributed by atoms with Crippen LogP contribution in [0.1, 0.15) is 22.9 Å². The van der Waals surface area contributed by atoms with Crippen LogP contribution < -0.4 is 5.32 Å². The lowest BCUT2D eigenvalue weighted by atomic mass is 10.1. The standard InChI is InChI=1S/C23H22ClN7O2/c1-14-10-25-22(27-20-6-7-26-29(20)2)28-21(14)16-9-18-12-31(23(33)30(18)11-16)19(13-32)15-4-3-5-17(24)8-15/h3-11,19,32H,12-13H2,1-2H3,(H,25,27,28)/t19-/m1/s1. The molecule has 0 fully saturated rings. The smallest absolute Gasteiger partial charge is 0.329 e. The molecule has 1 atom stereocenters. The van der Waals surface area contributed by atoms with E-state index in [1.165, 1.54) is 0 Å². The predicted octanol–water partition coefficient (Wildman–Crippen LogP) is 3.90. The third-order valence-electron chi connectivity index (χ3n) is 5.77. The maximum atomic E-state index is 13.2. The Bertz CT molecular complexity index is 1350. The van der Waals surface area contributed by atoms with Crippen LogP contribution in [0.2, 0.25) is 5.02 Å². The highest BCUT2D eigenvalue weighted by Crippen LogP contribution is 2.33. The average molecular weight is 464 g/mol. The topological polar surface area (TPSA) is 101 Å². The Kier molecular flexibility index (Phi) is 5.35. The Morgan fingerprint density at radius 3 is 2.82 bits per heavy atom. The largest absolute Gasteiger partial charge is 0.394 e. The third kappa shape index (κ3) is 3.85. The fraction of sp³-hybridized carbons (Fsp3) is 0.217. The molecule has 9 nitrogen and oxygen atoms in total. The Hall–Kier alpha value is -3.69. The van der Waals surface area contributed by atoms with E-state index < -0.39 is 6.04 Å². The molecule has 3 aromatic heterocycles. The molecule has 0 unspecified atom stereocenters. The SMILES string of the molecule is Cc1cnc(Nc2ccnn2C)nc1-c1cc2n(c1)C(=O)N([C@H](CO)c1cccc(Cl)c1)C2. The van der Waals surface area contributed by atoms with Gasteiger partial charge in [-0.25, -0.2) is 14.8 Å². The van der Waals surface area contributed by atoms with Crippen molar-refractivity contribution in [1.82, 2.24) is 29.2 Å². The Balaban J connectivity index is 1.42. The van der Waals surface area contributed by atoms with E-state index in [-0.39, 0.29) is 12.6 Å². The Morgan fingerprint density at radius 2 is 2.12 bits per heavy atom. The Morgan fingerprint density at radius 1 is 1.27 bits per heavy atom. The maximum absolute atomic E-state index is 13.2. The van der Waals surface area contributed by atoms with Crippen molar-refractivity contribution in [1.29, 1.82) is 0 Å². The van der Waals surface area contributed by atoms with Crippen LogP contribution in [0.3, 0.4) is 0 Å². The number of aliphatic hydroxyl groups excluding tert-OH is 1. The first-order valence-corrected chi connectivity index (χ1v) is 10.8. The highest BCUT2D eigenvalue weighted by Gasteiger charge is 2.34. The molecule has 168 valence electrons. The molecule has 5 rings (SSSR count). The lowest BCUT2D eigenvalue weighted by Gasteiger charge is -2.26. The van der Waals surface area contributed by atoms with Gasteiger partial charge in [0.25, 0.3) is 0 Å². The number of hydrogen-bond donors (Lipinski definition) is 2. The molecule has 10 heteroatoms. The van der Waals surface area contributed by atoms with E-state index in [9.17, 15) is 9.90 Å². The molecule has 33 heavy (non-hydrogen) atoms. The van der Waals surface area contributed by atoms with Crippen LogP contribution in [0.15, 0.2) is 55.0 Å². The highest BCUT2D eigenvalue weighted by atomic mass is 35.5. The minimum absolute atomic E-state index is 0.197. The molecule has 0 aliphatic carbocycles. The lowest BCUT2D eigenvalue weighted by Crippen LogP contribution is -2.32. The van der Waals surface area contributed by atoms with Crippen molar-refractivity contribution < 1.29 is 9.90 Å². The molecule has 0 saturated carbocycles. The second-order valence-corrected chi connectivity index (χ2v) is 8.38. The lowest BCUT2D eigenvalue weighted by molar-refractivity contribution is 0.141. The zero-order valence-corrected chi connectivity index (χ0v) is 18.9. The molecular formula is C23H22ClN7O2. The zero-order valence-electron chi connectivity index (χ0n) is 18.1. The predicted molar refractivity (Wildman–Crippen MR) is 124 cm³/mol. The summed E-state index contributed by atoms with van der Waals surface area (Å²) in [6.07, 6.45) is 5.22. The van der Waals surface area contributed by atoms with Crippen LogP contribution in [0.25, 0.3) is 11.3 Å². The average Bonchev–Trinajstić information content (AvgIpc) is 3.47. The number of aliphatic hydroxyl groups is 1. The van der Waals surface area contributed by atoms with E-state index in [1.54, 1.807) is 44.9 Å². The fourth-order valence-corrected chi connectivity index (χ4v) is 4.26. The molecule has 0 spiro atoms. The number of amides is 1. The van der Waals surface area contributed by atoms with Crippen LogP contribution in [0, 0.1) is 6.92 Å². The molecule has 4 heterocycles. The number of anilines is 2. The second kappa shape index (κ2) is 8.34. The molecule has 0 bridgehead atoms. The summed E-state index contributed by atoms with van der Waals surface area (Å²) in [6, 6.07) is 10.3. The van der Waals surface area contributed by atoms with Crippen molar-refractivity contribution in [3.8, 4) is 11.3 Å². The van der Waals surface area contributed by atoms with Gasteiger partial charge in [-0.05, 0) is 36.2 Å². The molecule has 1 amide bonds. The van der Waals surface area contributed by atoms with Crippen molar-refractivity contribution in [2.45, 2.75) is 19.5 Å². The number of benzene rings is 1. The van der Waals surface area contributed by atoms with Crippen molar-refractivity contribution in [3.63, 3.8) is 0 Å². The van der Waals surface area contributed by atoms with Crippen molar-refractivity contribution in [2.75, 3.05) is 11.9 Å². The van der Waals surface area contributed by atoms with Gasteiger partial charge in [-0.15, -0.1) is 0 Å². The van der Waals surface area contributed by atoms with E-state index in [4.69, 9.17) is 11.6 Å². The van der Waals surface area contributed by atoms with E-state index in [2.05, 4.69) is 20.4 Å². The van der Waals surface area contributed by atoms with Crippen LogP contribution in [-0.4, -0.2) is 47.0 Å². The van der Waals surface area contributed by atoms with E-state index >= 15 is 0 Å². The number of rotatable bonds is 6. The molecule has 1 aliphatic rings. The first kappa shape index (κ1) is 21.2. The summed E-state index contributed by atoms with van der Waals surface area (Å²) in [5.41, 5.74) is 4.08. The summed E-state index contributed by atoms with van der Waals surface area (Å²) in [4.78, 5) is 23.9. The monoisotopic (exact) mass is 463 g/mol. The van der Waals surface area contributed by atoms with Gasteiger partial charge in [0.2, 0.25) is 5.95 Å². The second-order valence-electron chi connectivity index (χ2n) is 7.94. The number of carbonyl (C=O) groups excluding carboxylic acids is 1. The van der Waals surface area contributed by atoms with Gasteiger partial charge in [0.1, 0.15) is 5.82 Å². The third-order valence-corrected chi connectivity index (χ3v) is 6.01. The van der Waals surface area contributed by atoms with Crippen LogP contribution in [-0.2, 0) is 13.6 Å². The number of nitrogens with zero attached hydrogens (tertiary/aromatic N) is 6. The van der Waals surface area contributed by atoms with Gasteiger partial charge in [-0.1, -0.05) is 23.7 Å². The molecular weight excluding hydrogens is 442 g/mol. The summed E-state index contributed by atoms with van der Waals surface area (Å²) in [6.45, 7) is 2.11. The van der Waals surface area contributed by atoms with E-state index in [1.807, 2.05) is 38.2 Å². The highest BCUT2D eigenvalue weighted by molar-refractivity contribution is 6.30. The molecule has 2 N–H and O–H groups in total. The quantitative estimate of drug-likeness (QED) is 0.449. The number of halogens is 1. The van der Waals surface area contributed by atoms with Gasteiger partial charge in [-0.2, -0.15) is 5.10 Å².